The Morgan fingerprint density at radius 2 is 2.00 bits per heavy atom. The van der Waals surface area contributed by atoms with Crippen molar-refractivity contribution in [3.63, 3.8) is 0 Å². The predicted molar refractivity (Wildman–Crippen MR) is 48.9 cm³/mol. The second-order valence-electron chi connectivity index (χ2n) is 2.86. The quantitative estimate of drug-likeness (QED) is 0.623. The molecular formula is C10H8O3. The second-order valence-corrected chi connectivity index (χ2v) is 2.86. The highest BCUT2D eigenvalue weighted by molar-refractivity contribution is 5.81. The standard InChI is InChI=1S/C10H8O3/c1-6-7-4-2-3-5-8(7)13-10(12)9(6)11/h2-5,11H,1H3. The van der Waals surface area contributed by atoms with Gasteiger partial charge in [-0.2, -0.15) is 0 Å². The van der Waals surface area contributed by atoms with Crippen LogP contribution < -0.4 is 5.63 Å². The molecule has 2 rings (SSSR count). The molecule has 1 heterocycles. The molecule has 0 fully saturated rings. The monoisotopic (exact) mass is 176 g/mol. The van der Waals surface area contributed by atoms with Crippen molar-refractivity contribution < 1.29 is 9.52 Å². The van der Waals surface area contributed by atoms with Gasteiger partial charge in [0, 0.05) is 10.9 Å². The summed E-state index contributed by atoms with van der Waals surface area (Å²) in [4.78, 5) is 11.0. The smallest absolute Gasteiger partial charge is 0.379 e. The molecule has 0 aliphatic heterocycles. The Morgan fingerprint density at radius 1 is 1.31 bits per heavy atom. The summed E-state index contributed by atoms with van der Waals surface area (Å²) in [6, 6.07) is 7.10. The van der Waals surface area contributed by atoms with E-state index in [1.807, 2.05) is 6.07 Å². The van der Waals surface area contributed by atoms with Crippen LogP contribution in [0.15, 0.2) is 33.5 Å². The zero-order valence-electron chi connectivity index (χ0n) is 7.07. The van der Waals surface area contributed by atoms with Gasteiger partial charge in [-0.25, -0.2) is 4.79 Å². The molecule has 0 aliphatic carbocycles. The molecule has 3 nitrogen and oxygen atoms in total. The lowest BCUT2D eigenvalue weighted by Crippen LogP contribution is -1.99. The van der Waals surface area contributed by atoms with Gasteiger partial charge in [0.25, 0.3) is 0 Å². The summed E-state index contributed by atoms with van der Waals surface area (Å²) >= 11 is 0. The Labute approximate surface area is 74.2 Å². The fraction of sp³-hybridized carbons (Fsp3) is 0.100. The summed E-state index contributed by atoms with van der Waals surface area (Å²) < 4.78 is 4.87. The average Bonchev–Trinajstić information content (AvgIpc) is 2.15. The van der Waals surface area contributed by atoms with Gasteiger partial charge in [-0.15, -0.1) is 0 Å². The van der Waals surface area contributed by atoms with Gasteiger partial charge in [0.1, 0.15) is 5.58 Å². The number of aryl methyl sites for hydroxylation is 1. The third-order valence-electron chi connectivity index (χ3n) is 2.04. The first kappa shape index (κ1) is 7.86. The van der Waals surface area contributed by atoms with Crippen molar-refractivity contribution in [1.82, 2.24) is 0 Å². The highest BCUT2D eigenvalue weighted by Crippen LogP contribution is 2.21. The largest absolute Gasteiger partial charge is 0.502 e. The van der Waals surface area contributed by atoms with Crippen LogP contribution in [0.25, 0.3) is 11.0 Å². The first-order valence-electron chi connectivity index (χ1n) is 3.91. The molecule has 0 aliphatic rings. The summed E-state index contributed by atoms with van der Waals surface area (Å²) in [5.41, 5.74) is 0.380. The van der Waals surface area contributed by atoms with E-state index in [1.165, 1.54) is 0 Å². The minimum absolute atomic E-state index is 0.307. The zero-order valence-corrected chi connectivity index (χ0v) is 7.07. The molecule has 0 saturated carbocycles. The molecule has 3 heteroatoms. The summed E-state index contributed by atoms with van der Waals surface area (Å²) in [5.74, 6) is -0.307. The van der Waals surface area contributed by atoms with Crippen molar-refractivity contribution in [3.05, 3.63) is 40.2 Å². The third kappa shape index (κ3) is 1.09. The van der Waals surface area contributed by atoms with Crippen LogP contribution in [0.5, 0.6) is 5.75 Å². The van der Waals surface area contributed by atoms with Crippen LogP contribution in [0, 0.1) is 6.92 Å². The van der Waals surface area contributed by atoms with Crippen molar-refractivity contribution in [2.45, 2.75) is 6.92 Å². The molecule has 0 amide bonds. The molecule has 1 aromatic carbocycles. The molecule has 0 saturated heterocycles. The molecular weight excluding hydrogens is 168 g/mol. The highest BCUT2D eigenvalue weighted by Gasteiger charge is 2.07. The molecule has 0 bridgehead atoms. The highest BCUT2D eigenvalue weighted by atomic mass is 16.4. The van der Waals surface area contributed by atoms with E-state index in [2.05, 4.69) is 0 Å². The first-order valence-corrected chi connectivity index (χ1v) is 3.91. The van der Waals surface area contributed by atoms with Gasteiger partial charge in [0.2, 0.25) is 5.75 Å². The molecule has 1 aromatic heterocycles. The lowest BCUT2D eigenvalue weighted by Gasteiger charge is -2.00. The second kappa shape index (κ2) is 2.62. The Hall–Kier alpha value is -1.77. The van der Waals surface area contributed by atoms with Crippen molar-refractivity contribution in [1.29, 1.82) is 0 Å². The van der Waals surface area contributed by atoms with Crippen molar-refractivity contribution >= 4 is 11.0 Å². The minimum atomic E-state index is -0.684. The van der Waals surface area contributed by atoms with Crippen LogP contribution in [0.4, 0.5) is 0 Å². The van der Waals surface area contributed by atoms with E-state index in [9.17, 15) is 9.90 Å². The summed E-state index contributed by atoms with van der Waals surface area (Å²) in [5, 5.41) is 10.1. The van der Waals surface area contributed by atoms with E-state index < -0.39 is 5.63 Å². The molecule has 66 valence electrons. The molecule has 0 radical (unpaired) electrons. The van der Waals surface area contributed by atoms with E-state index in [4.69, 9.17) is 4.42 Å². The van der Waals surface area contributed by atoms with Gasteiger partial charge in [-0.1, -0.05) is 18.2 Å². The van der Waals surface area contributed by atoms with E-state index >= 15 is 0 Å². The molecule has 2 aromatic rings. The van der Waals surface area contributed by atoms with Crippen LogP contribution in [-0.4, -0.2) is 5.11 Å². The summed E-state index contributed by atoms with van der Waals surface area (Å²) in [6.07, 6.45) is 0. The van der Waals surface area contributed by atoms with Crippen molar-refractivity contribution in [2.75, 3.05) is 0 Å². The maximum absolute atomic E-state index is 11.0. The topological polar surface area (TPSA) is 50.4 Å². The van der Waals surface area contributed by atoms with Gasteiger partial charge in [0.05, 0.1) is 0 Å². The number of benzene rings is 1. The summed E-state index contributed by atoms with van der Waals surface area (Å²) in [7, 11) is 0. The number of rotatable bonds is 0. The first-order chi connectivity index (χ1) is 6.20. The summed E-state index contributed by atoms with van der Waals surface area (Å²) in [6.45, 7) is 1.69. The van der Waals surface area contributed by atoms with Gasteiger partial charge >= 0.3 is 5.63 Å². The molecule has 1 N–H and O–H groups in total. The molecule has 0 spiro atoms. The molecule has 0 unspecified atom stereocenters. The van der Waals surface area contributed by atoms with Crippen LogP contribution in [-0.2, 0) is 0 Å². The Bertz CT molecular complexity index is 511. The van der Waals surface area contributed by atoms with E-state index in [-0.39, 0.29) is 5.75 Å². The number of para-hydroxylation sites is 1. The zero-order chi connectivity index (χ0) is 9.42. The SMILES string of the molecule is Cc1c(O)c(=O)oc2ccccc12. The normalized spacial score (nSPS) is 10.5. The van der Waals surface area contributed by atoms with Crippen LogP contribution in [0.1, 0.15) is 5.56 Å². The minimum Gasteiger partial charge on any atom is -0.502 e. The predicted octanol–water partition coefficient (Wildman–Crippen LogP) is 1.81. The number of aromatic hydroxyl groups is 1. The maximum Gasteiger partial charge on any atom is 0.379 e. The van der Waals surface area contributed by atoms with Crippen LogP contribution >= 0.6 is 0 Å². The third-order valence-corrected chi connectivity index (χ3v) is 2.04. The number of fused-ring (bicyclic) bond motifs is 1. The van der Waals surface area contributed by atoms with Gasteiger partial charge in [-0.05, 0) is 13.0 Å². The lowest BCUT2D eigenvalue weighted by atomic mass is 10.1. The van der Waals surface area contributed by atoms with Crippen molar-refractivity contribution in [2.24, 2.45) is 0 Å². The van der Waals surface area contributed by atoms with E-state index in [0.29, 0.717) is 11.1 Å². The molecule has 13 heavy (non-hydrogen) atoms. The fourth-order valence-electron chi connectivity index (χ4n) is 1.29. The fourth-order valence-corrected chi connectivity index (χ4v) is 1.29. The maximum atomic E-state index is 11.0. The number of hydrogen-bond acceptors (Lipinski definition) is 3. The van der Waals surface area contributed by atoms with Crippen LogP contribution in [0.2, 0.25) is 0 Å². The number of hydrogen-bond donors (Lipinski definition) is 1. The van der Waals surface area contributed by atoms with Gasteiger partial charge in [-0.3, -0.25) is 0 Å². The van der Waals surface area contributed by atoms with Gasteiger partial charge < -0.3 is 9.52 Å². The van der Waals surface area contributed by atoms with E-state index in [1.54, 1.807) is 25.1 Å². The van der Waals surface area contributed by atoms with Crippen molar-refractivity contribution in [3.8, 4) is 5.75 Å². The van der Waals surface area contributed by atoms with E-state index in [0.717, 1.165) is 5.39 Å². The lowest BCUT2D eigenvalue weighted by molar-refractivity contribution is 0.424. The van der Waals surface area contributed by atoms with Crippen LogP contribution in [0.3, 0.4) is 0 Å². The Kier molecular flexibility index (Phi) is 1.59. The average molecular weight is 176 g/mol. The molecule has 0 atom stereocenters. The Balaban J connectivity index is 3.02. The van der Waals surface area contributed by atoms with Gasteiger partial charge in [0.15, 0.2) is 0 Å². The Morgan fingerprint density at radius 3 is 2.77 bits per heavy atom.